The number of rotatable bonds is 9. The molecule has 0 aliphatic carbocycles. The molecule has 0 aromatic heterocycles. The molecule has 0 fully saturated rings. The van der Waals surface area contributed by atoms with Crippen LogP contribution in [0.4, 0.5) is 5.69 Å². The second-order valence-electron chi connectivity index (χ2n) is 9.51. The van der Waals surface area contributed by atoms with Gasteiger partial charge >= 0.3 is 0 Å². The molecular formula is C25H34ClN3O5S. The SMILES string of the molecule is COc1ccc(Cl)cc1N(CC(=O)N(Cc1cccc(C)c1)[C@@H](C)C(=O)NC(C)(C)C)S(C)(=O)=O. The van der Waals surface area contributed by atoms with E-state index >= 15 is 0 Å². The van der Waals surface area contributed by atoms with Crippen LogP contribution in [0.25, 0.3) is 0 Å². The van der Waals surface area contributed by atoms with Gasteiger partial charge in [0, 0.05) is 17.1 Å². The highest BCUT2D eigenvalue weighted by molar-refractivity contribution is 7.92. The van der Waals surface area contributed by atoms with E-state index < -0.39 is 34.1 Å². The molecule has 0 saturated carbocycles. The van der Waals surface area contributed by atoms with E-state index in [-0.39, 0.29) is 28.9 Å². The third-order valence-corrected chi connectivity index (χ3v) is 6.55. The number of carbonyl (C=O) groups is 2. The second-order valence-corrected chi connectivity index (χ2v) is 11.9. The molecule has 1 atom stereocenters. The van der Waals surface area contributed by atoms with Gasteiger partial charge in [0.25, 0.3) is 0 Å². The third-order valence-electron chi connectivity index (χ3n) is 5.19. The molecule has 0 bridgehead atoms. The molecule has 0 aliphatic heterocycles. The van der Waals surface area contributed by atoms with Gasteiger partial charge in [0.05, 0.1) is 19.1 Å². The van der Waals surface area contributed by atoms with Crippen LogP contribution >= 0.6 is 11.6 Å². The lowest BCUT2D eigenvalue weighted by molar-refractivity contribution is -0.140. The molecule has 0 aliphatic rings. The Bertz CT molecular complexity index is 1180. The number of ether oxygens (including phenoxy) is 1. The standard InChI is InChI=1S/C25H34ClN3O5S/c1-17-9-8-10-19(13-17)15-28(18(2)24(31)27-25(3,4)5)23(30)16-29(35(7,32)33)21-14-20(26)11-12-22(21)34-6/h8-14,18H,15-16H2,1-7H3,(H,27,31)/t18-/m0/s1. The Morgan fingerprint density at radius 2 is 1.80 bits per heavy atom. The van der Waals surface area contributed by atoms with Crippen LogP contribution in [0, 0.1) is 6.92 Å². The summed E-state index contributed by atoms with van der Waals surface area (Å²) in [5.41, 5.74) is 1.46. The molecule has 0 unspecified atom stereocenters. The van der Waals surface area contributed by atoms with Gasteiger partial charge in [-0.3, -0.25) is 13.9 Å². The predicted molar refractivity (Wildman–Crippen MR) is 139 cm³/mol. The van der Waals surface area contributed by atoms with Gasteiger partial charge in [0.15, 0.2) is 0 Å². The molecule has 8 nitrogen and oxygen atoms in total. The van der Waals surface area contributed by atoms with Crippen molar-refractivity contribution in [2.24, 2.45) is 0 Å². The van der Waals surface area contributed by atoms with Crippen LogP contribution in [0.2, 0.25) is 5.02 Å². The van der Waals surface area contributed by atoms with E-state index in [0.717, 1.165) is 21.7 Å². The van der Waals surface area contributed by atoms with Crippen LogP contribution in [-0.2, 0) is 26.2 Å². The zero-order valence-corrected chi connectivity index (χ0v) is 22.8. The van der Waals surface area contributed by atoms with E-state index in [4.69, 9.17) is 16.3 Å². The highest BCUT2D eigenvalue weighted by Crippen LogP contribution is 2.33. The number of nitrogens with zero attached hydrogens (tertiary/aromatic N) is 2. The minimum Gasteiger partial charge on any atom is -0.495 e. The largest absolute Gasteiger partial charge is 0.495 e. The number of sulfonamides is 1. The van der Waals surface area contributed by atoms with Crippen LogP contribution in [0.3, 0.4) is 0 Å². The zero-order chi connectivity index (χ0) is 26.6. The van der Waals surface area contributed by atoms with Crippen molar-refractivity contribution >= 4 is 39.1 Å². The fraction of sp³-hybridized carbons (Fsp3) is 0.440. The summed E-state index contributed by atoms with van der Waals surface area (Å²) in [6, 6.07) is 11.2. The highest BCUT2D eigenvalue weighted by atomic mass is 35.5. The van der Waals surface area contributed by atoms with Crippen molar-refractivity contribution in [1.82, 2.24) is 10.2 Å². The molecule has 0 radical (unpaired) electrons. The van der Waals surface area contributed by atoms with Gasteiger partial charge in [-0.05, 0) is 58.4 Å². The first kappa shape index (κ1) is 28.5. The van der Waals surface area contributed by atoms with Crippen molar-refractivity contribution in [2.75, 3.05) is 24.2 Å². The topological polar surface area (TPSA) is 96.0 Å². The summed E-state index contributed by atoms with van der Waals surface area (Å²) >= 11 is 6.12. The van der Waals surface area contributed by atoms with E-state index in [0.29, 0.717) is 0 Å². The monoisotopic (exact) mass is 523 g/mol. The Kier molecular flexibility index (Phi) is 9.19. The lowest BCUT2D eigenvalue weighted by Gasteiger charge is -2.33. The molecule has 192 valence electrons. The fourth-order valence-corrected chi connectivity index (χ4v) is 4.53. The first-order chi connectivity index (χ1) is 16.1. The first-order valence-electron chi connectivity index (χ1n) is 11.1. The molecule has 35 heavy (non-hydrogen) atoms. The maximum absolute atomic E-state index is 13.6. The number of anilines is 1. The lowest BCUT2D eigenvalue weighted by Crippen LogP contribution is -2.54. The summed E-state index contributed by atoms with van der Waals surface area (Å²) in [5.74, 6) is -0.642. The van der Waals surface area contributed by atoms with Gasteiger partial charge in [-0.2, -0.15) is 0 Å². The summed E-state index contributed by atoms with van der Waals surface area (Å²) < 4.78 is 31.7. The van der Waals surface area contributed by atoms with Crippen molar-refractivity contribution < 1.29 is 22.7 Å². The van der Waals surface area contributed by atoms with Gasteiger partial charge in [-0.1, -0.05) is 41.4 Å². The van der Waals surface area contributed by atoms with Crippen molar-refractivity contribution in [3.63, 3.8) is 0 Å². The van der Waals surface area contributed by atoms with E-state index in [1.54, 1.807) is 13.0 Å². The van der Waals surface area contributed by atoms with Gasteiger partial charge in [0.2, 0.25) is 21.8 Å². The van der Waals surface area contributed by atoms with Gasteiger partial charge < -0.3 is 15.0 Å². The Balaban J connectivity index is 2.48. The predicted octanol–water partition coefficient (Wildman–Crippen LogP) is 3.76. The average Bonchev–Trinajstić information content (AvgIpc) is 2.73. The molecular weight excluding hydrogens is 490 g/mol. The number of hydrogen-bond acceptors (Lipinski definition) is 5. The van der Waals surface area contributed by atoms with Crippen LogP contribution in [0.1, 0.15) is 38.8 Å². The molecule has 0 spiro atoms. The summed E-state index contributed by atoms with van der Waals surface area (Å²) in [6.07, 6.45) is 1.00. The van der Waals surface area contributed by atoms with Gasteiger partial charge in [-0.25, -0.2) is 8.42 Å². The number of amides is 2. The molecule has 2 aromatic carbocycles. The van der Waals surface area contributed by atoms with Crippen molar-refractivity contribution in [2.45, 2.75) is 52.7 Å². The van der Waals surface area contributed by atoms with Crippen molar-refractivity contribution in [1.29, 1.82) is 0 Å². The maximum Gasteiger partial charge on any atom is 0.244 e. The van der Waals surface area contributed by atoms with Crippen LogP contribution in [-0.4, -0.2) is 56.6 Å². The number of benzene rings is 2. The molecule has 10 heteroatoms. The fourth-order valence-electron chi connectivity index (χ4n) is 3.52. The maximum atomic E-state index is 13.6. The van der Waals surface area contributed by atoms with Crippen LogP contribution in [0.5, 0.6) is 5.75 Å². The molecule has 1 N–H and O–H groups in total. The number of methoxy groups -OCH3 is 1. The first-order valence-corrected chi connectivity index (χ1v) is 13.3. The van der Waals surface area contributed by atoms with Crippen molar-refractivity contribution in [3.05, 3.63) is 58.6 Å². The van der Waals surface area contributed by atoms with Crippen molar-refractivity contribution in [3.8, 4) is 5.75 Å². The quantitative estimate of drug-likeness (QED) is 0.540. The van der Waals surface area contributed by atoms with Crippen LogP contribution < -0.4 is 14.4 Å². The Labute approximate surface area is 213 Å². The van der Waals surface area contributed by atoms with E-state index in [9.17, 15) is 18.0 Å². The van der Waals surface area contributed by atoms with Crippen LogP contribution in [0.15, 0.2) is 42.5 Å². The minimum absolute atomic E-state index is 0.128. The average molecular weight is 524 g/mol. The van der Waals surface area contributed by atoms with E-state index in [2.05, 4.69) is 5.32 Å². The molecule has 2 rings (SSSR count). The van der Waals surface area contributed by atoms with E-state index in [1.807, 2.05) is 52.0 Å². The number of aryl methyl sites for hydroxylation is 1. The van der Waals surface area contributed by atoms with Gasteiger partial charge in [0.1, 0.15) is 18.3 Å². The second kappa shape index (κ2) is 11.3. The number of carbonyl (C=O) groups excluding carboxylic acids is 2. The Hall–Kier alpha value is -2.78. The normalized spacial score (nSPS) is 12.6. The highest BCUT2D eigenvalue weighted by Gasteiger charge is 2.32. The van der Waals surface area contributed by atoms with Gasteiger partial charge in [-0.15, -0.1) is 0 Å². The lowest BCUT2D eigenvalue weighted by atomic mass is 10.1. The molecule has 2 amide bonds. The number of hydrogen-bond donors (Lipinski definition) is 1. The molecule has 0 saturated heterocycles. The van der Waals surface area contributed by atoms with E-state index in [1.165, 1.54) is 24.1 Å². The number of halogens is 1. The zero-order valence-electron chi connectivity index (χ0n) is 21.3. The smallest absolute Gasteiger partial charge is 0.244 e. The summed E-state index contributed by atoms with van der Waals surface area (Å²) in [5, 5.41) is 3.18. The third kappa shape index (κ3) is 8.14. The Morgan fingerprint density at radius 3 is 2.34 bits per heavy atom. The minimum atomic E-state index is -3.90. The summed E-state index contributed by atoms with van der Waals surface area (Å²) in [7, 11) is -2.50. The summed E-state index contributed by atoms with van der Waals surface area (Å²) in [4.78, 5) is 28.0. The molecule has 0 heterocycles. The Morgan fingerprint density at radius 1 is 1.14 bits per heavy atom. The number of nitrogens with one attached hydrogen (secondary N) is 1. The summed E-state index contributed by atoms with van der Waals surface area (Å²) in [6.45, 7) is 8.70. The molecule has 2 aromatic rings.